The van der Waals surface area contributed by atoms with Gasteiger partial charge in [0.2, 0.25) is 0 Å². The maximum atomic E-state index is 13.1. The van der Waals surface area contributed by atoms with Gasteiger partial charge in [0.05, 0.1) is 6.10 Å². The number of carbonyl (C=O) groups is 1. The first-order valence-electron chi connectivity index (χ1n) is 6.12. The summed E-state index contributed by atoms with van der Waals surface area (Å²) < 4.78 is 18.7. The van der Waals surface area contributed by atoms with E-state index >= 15 is 0 Å². The van der Waals surface area contributed by atoms with Crippen LogP contribution >= 0.6 is 0 Å². The van der Waals surface area contributed by atoms with Gasteiger partial charge in [-0.1, -0.05) is 18.2 Å². The van der Waals surface area contributed by atoms with Crippen LogP contribution in [0.25, 0.3) is 11.1 Å². The highest BCUT2D eigenvalue weighted by Crippen LogP contribution is 2.27. The summed E-state index contributed by atoms with van der Waals surface area (Å²) in [4.78, 5) is 11.0. The number of aldehydes is 1. The largest absolute Gasteiger partial charge is 0.491 e. The van der Waals surface area contributed by atoms with Gasteiger partial charge in [-0.15, -0.1) is 0 Å². The molecule has 2 aromatic rings. The Bertz CT molecular complexity index is 591. The summed E-state index contributed by atoms with van der Waals surface area (Å²) in [5.41, 5.74) is 1.87. The van der Waals surface area contributed by atoms with Crippen LogP contribution in [0.5, 0.6) is 5.75 Å². The molecular formula is C16H15FO2. The smallest absolute Gasteiger partial charge is 0.150 e. The van der Waals surface area contributed by atoms with Gasteiger partial charge >= 0.3 is 0 Å². The van der Waals surface area contributed by atoms with Crippen molar-refractivity contribution >= 4 is 6.29 Å². The van der Waals surface area contributed by atoms with E-state index in [0.29, 0.717) is 17.4 Å². The minimum Gasteiger partial charge on any atom is -0.491 e. The Morgan fingerprint density at radius 1 is 1.16 bits per heavy atom. The fourth-order valence-corrected chi connectivity index (χ4v) is 1.90. The molecule has 0 radical (unpaired) electrons. The molecule has 0 fully saturated rings. The Hall–Kier alpha value is -2.16. The van der Waals surface area contributed by atoms with Crippen LogP contribution in [-0.2, 0) is 0 Å². The number of carbonyl (C=O) groups excluding carboxylic acids is 1. The molecule has 98 valence electrons. The van der Waals surface area contributed by atoms with Crippen LogP contribution in [0, 0.1) is 5.82 Å². The summed E-state index contributed by atoms with van der Waals surface area (Å²) in [6, 6.07) is 11.6. The van der Waals surface area contributed by atoms with Crippen LogP contribution < -0.4 is 4.74 Å². The van der Waals surface area contributed by atoms with E-state index in [2.05, 4.69) is 0 Å². The maximum absolute atomic E-state index is 13.1. The van der Waals surface area contributed by atoms with Crippen LogP contribution in [0.2, 0.25) is 0 Å². The third-order valence-corrected chi connectivity index (χ3v) is 2.66. The third-order valence-electron chi connectivity index (χ3n) is 2.66. The molecular weight excluding hydrogens is 243 g/mol. The summed E-state index contributed by atoms with van der Waals surface area (Å²) in [5.74, 6) is 0.314. The number of hydrogen-bond donors (Lipinski definition) is 0. The van der Waals surface area contributed by atoms with Crippen molar-refractivity contribution in [1.29, 1.82) is 0 Å². The molecule has 0 spiro atoms. The van der Waals surface area contributed by atoms with Crippen molar-refractivity contribution in [3.8, 4) is 16.9 Å². The molecule has 19 heavy (non-hydrogen) atoms. The molecule has 3 heteroatoms. The highest BCUT2D eigenvalue weighted by Gasteiger charge is 2.07. The van der Waals surface area contributed by atoms with Crippen molar-refractivity contribution in [2.45, 2.75) is 20.0 Å². The summed E-state index contributed by atoms with van der Waals surface area (Å²) >= 11 is 0. The predicted molar refractivity (Wildman–Crippen MR) is 73.0 cm³/mol. The molecule has 0 amide bonds. The lowest BCUT2D eigenvalue weighted by Gasteiger charge is -2.11. The van der Waals surface area contributed by atoms with E-state index in [1.807, 2.05) is 38.1 Å². The Morgan fingerprint density at radius 2 is 1.95 bits per heavy atom. The minimum atomic E-state index is -0.416. The summed E-state index contributed by atoms with van der Waals surface area (Å²) in [7, 11) is 0. The molecule has 0 aromatic heterocycles. The van der Waals surface area contributed by atoms with Gasteiger partial charge in [-0.3, -0.25) is 4.79 Å². The third kappa shape index (κ3) is 3.19. The van der Waals surface area contributed by atoms with E-state index in [9.17, 15) is 9.18 Å². The Kier molecular flexibility index (Phi) is 3.95. The van der Waals surface area contributed by atoms with E-state index in [0.717, 1.165) is 11.3 Å². The first kappa shape index (κ1) is 13.3. The van der Waals surface area contributed by atoms with Gasteiger partial charge in [0.1, 0.15) is 11.6 Å². The van der Waals surface area contributed by atoms with Crippen LogP contribution in [0.15, 0.2) is 42.5 Å². The van der Waals surface area contributed by atoms with Crippen molar-refractivity contribution in [1.82, 2.24) is 0 Å². The van der Waals surface area contributed by atoms with Crippen LogP contribution in [-0.4, -0.2) is 12.4 Å². The van der Waals surface area contributed by atoms with Gasteiger partial charge in [-0.2, -0.15) is 0 Å². The first-order chi connectivity index (χ1) is 9.10. The van der Waals surface area contributed by atoms with Gasteiger partial charge in [-0.05, 0) is 49.2 Å². The van der Waals surface area contributed by atoms with Crippen molar-refractivity contribution in [2.24, 2.45) is 0 Å². The molecule has 0 N–H and O–H groups in total. The standard InChI is InChI=1S/C16H15FO2/c1-11(2)19-15-5-3-4-12(9-15)16-7-6-14(17)8-13(16)10-18/h3-11H,1-2H3. The molecule has 2 nitrogen and oxygen atoms in total. The quantitative estimate of drug-likeness (QED) is 0.772. The fourth-order valence-electron chi connectivity index (χ4n) is 1.90. The Balaban J connectivity index is 2.44. The second kappa shape index (κ2) is 5.65. The summed E-state index contributed by atoms with van der Waals surface area (Å²) in [6.45, 7) is 3.89. The molecule has 2 rings (SSSR count). The zero-order chi connectivity index (χ0) is 13.8. The second-order valence-electron chi connectivity index (χ2n) is 4.54. The second-order valence-corrected chi connectivity index (χ2v) is 4.54. The van der Waals surface area contributed by atoms with Crippen LogP contribution in [0.4, 0.5) is 4.39 Å². The fraction of sp³-hybridized carbons (Fsp3) is 0.188. The lowest BCUT2D eigenvalue weighted by Crippen LogP contribution is -2.05. The van der Waals surface area contributed by atoms with Gasteiger partial charge in [0, 0.05) is 5.56 Å². The average Bonchev–Trinajstić information content (AvgIpc) is 2.38. The molecule has 0 aliphatic heterocycles. The van der Waals surface area contributed by atoms with Crippen LogP contribution in [0.3, 0.4) is 0 Å². The first-order valence-corrected chi connectivity index (χ1v) is 6.12. The molecule has 0 aliphatic carbocycles. The number of halogens is 1. The van der Waals surface area contributed by atoms with E-state index in [4.69, 9.17) is 4.74 Å². The van der Waals surface area contributed by atoms with Gasteiger partial charge in [0.15, 0.2) is 6.29 Å². The van der Waals surface area contributed by atoms with E-state index in [1.54, 1.807) is 6.07 Å². The van der Waals surface area contributed by atoms with E-state index < -0.39 is 5.82 Å². The number of benzene rings is 2. The molecule has 0 bridgehead atoms. The van der Waals surface area contributed by atoms with Gasteiger partial charge in [-0.25, -0.2) is 4.39 Å². The molecule has 0 atom stereocenters. The molecule has 0 saturated heterocycles. The SMILES string of the molecule is CC(C)Oc1cccc(-c2ccc(F)cc2C=O)c1. The topological polar surface area (TPSA) is 26.3 Å². The van der Waals surface area contributed by atoms with Crippen molar-refractivity contribution in [3.63, 3.8) is 0 Å². The van der Waals surface area contributed by atoms with Crippen molar-refractivity contribution < 1.29 is 13.9 Å². The summed E-state index contributed by atoms with van der Waals surface area (Å²) in [6.07, 6.45) is 0.739. The van der Waals surface area contributed by atoms with Crippen molar-refractivity contribution in [2.75, 3.05) is 0 Å². The minimum absolute atomic E-state index is 0.0778. The zero-order valence-electron chi connectivity index (χ0n) is 10.9. The lowest BCUT2D eigenvalue weighted by molar-refractivity contribution is 0.112. The molecule has 0 heterocycles. The Morgan fingerprint density at radius 3 is 2.63 bits per heavy atom. The molecule has 0 aliphatic rings. The Labute approximate surface area is 111 Å². The van der Waals surface area contributed by atoms with Gasteiger partial charge < -0.3 is 4.74 Å². The van der Waals surface area contributed by atoms with Crippen LogP contribution in [0.1, 0.15) is 24.2 Å². The van der Waals surface area contributed by atoms with E-state index in [1.165, 1.54) is 12.1 Å². The monoisotopic (exact) mass is 258 g/mol. The molecule has 0 saturated carbocycles. The normalized spacial score (nSPS) is 10.5. The lowest BCUT2D eigenvalue weighted by atomic mass is 10.00. The predicted octanol–water partition coefficient (Wildman–Crippen LogP) is 4.09. The molecule has 0 unspecified atom stereocenters. The van der Waals surface area contributed by atoms with E-state index in [-0.39, 0.29) is 6.10 Å². The number of rotatable bonds is 4. The number of ether oxygens (including phenoxy) is 1. The molecule has 2 aromatic carbocycles. The average molecular weight is 258 g/mol. The summed E-state index contributed by atoms with van der Waals surface area (Å²) in [5, 5.41) is 0. The number of hydrogen-bond acceptors (Lipinski definition) is 2. The van der Waals surface area contributed by atoms with Crippen molar-refractivity contribution in [3.05, 3.63) is 53.8 Å². The highest BCUT2D eigenvalue weighted by atomic mass is 19.1. The zero-order valence-corrected chi connectivity index (χ0v) is 10.9. The maximum Gasteiger partial charge on any atom is 0.150 e. The van der Waals surface area contributed by atoms with Gasteiger partial charge in [0.25, 0.3) is 0 Å². The highest BCUT2D eigenvalue weighted by molar-refractivity contribution is 5.87.